The average molecular weight is 682 g/mol. The van der Waals surface area contributed by atoms with Gasteiger partial charge in [0.15, 0.2) is 0 Å². The number of nitrogens with one attached hydrogen (secondary N) is 1. The third-order valence-corrected chi connectivity index (χ3v) is 7.70. The molecule has 0 aliphatic heterocycles. The Labute approximate surface area is 275 Å². The molecule has 217 valence electrons. The zero-order valence-corrected chi connectivity index (χ0v) is 26.0. The van der Waals surface area contributed by atoms with Gasteiger partial charge in [-0.1, -0.05) is 48.5 Å². The first-order valence-electron chi connectivity index (χ1n) is 14.5. The van der Waals surface area contributed by atoms with Gasteiger partial charge < -0.3 is 4.98 Å². The maximum absolute atomic E-state index is 4.44. The van der Waals surface area contributed by atoms with Crippen LogP contribution < -0.4 is 0 Å². The quantitative estimate of drug-likeness (QED) is 0.127. The third-order valence-electron chi connectivity index (χ3n) is 7.70. The number of fused-ring (bicyclic) bond motifs is 12. The second-order valence-corrected chi connectivity index (χ2v) is 10.4. The Kier molecular flexibility index (Phi) is 7.98. The standard InChI is InChI=1S/C13H8N4.2C12H8N2.Ru/c1-3-8-10(14-5-1)11-9(4-2-6-15-11)13-12(8)16-7-17-13;2*1-3-9-5-6-10-4-2-8-14-12(10)11(9)13-7-1;/h1-7,14H;2*1-8H;/q;;;+3. The molecule has 10 aromatic rings. The van der Waals surface area contributed by atoms with Gasteiger partial charge in [0.25, 0.3) is 0 Å². The van der Waals surface area contributed by atoms with Gasteiger partial charge in [0.2, 0.25) is 0 Å². The first-order valence-corrected chi connectivity index (χ1v) is 14.5. The minimum atomic E-state index is 0. The van der Waals surface area contributed by atoms with E-state index in [4.69, 9.17) is 0 Å². The number of hydrogen-bond donors (Lipinski definition) is 1. The molecule has 8 nitrogen and oxygen atoms in total. The molecule has 0 aliphatic rings. The fraction of sp³-hybridized carbons (Fsp3) is 0. The van der Waals surface area contributed by atoms with E-state index in [1.54, 1.807) is 37.3 Å². The summed E-state index contributed by atoms with van der Waals surface area (Å²) in [6.07, 6.45) is 12.5. The number of nitrogens with zero attached hydrogens (tertiary/aromatic N) is 7. The summed E-state index contributed by atoms with van der Waals surface area (Å²) < 4.78 is 0. The zero-order valence-electron chi connectivity index (χ0n) is 24.3. The van der Waals surface area contributed by atoms with Crippen LogP contribution in [0.25, 0.3) is 76.5 Å². The van der Waals surface area contributed by atoms with Gasteiger partial charge >= 0.3 is 19.5 Å². The number of imidazole rings is 1. The summed E-state index contributed by atoms with van der Waals surface area (Å²) in [6.45, 7) is 0. The fourth-order valence-corrected chi connectivity index (χ4v) is 5.65. The van der Waals surface area contributed by atoms with Crippen LogP contribution in [0.5, 0.6) is 0 Å². The minimum absolute atomic E-state index is 0. The van der Waals surface area contributed by atoms with E-state index in [2.05, 4.69) is 88.4 Å². The number of pyridine rings is 6. The molecule has 7 aromatic heterocycles. The van der Waals surface area contributed by atoms with Crippen molar-refractivity contribution in [1.29, 1.82) is 0 Å². The second kappa shape index (κ2) is 12.7. The Bertz CT molecular complexity index is 2350. The number of hydrogen-bond acceptors (Lipinski definition) is 7. The topological polar surface area (TPSA) is 106 Å². The molecule has 10 rings (SSSR count). The summed E-state index contributed by atoms with van der Waals surface area (Å²) in [5.74, 6) is 0. The third kappa shape index (κ3) is 5.27. The van der Waals surface area contributed by atoms with Crippen molar-refractivity contribution in [2.45, 2.75) is 0 Å². The Morgan fingerprint density at radius 2 is 0.739 bits per heavy atom. The van der Waals surface area contributed by atoms with Crippen molar-refractivity contribution in [3.63, 3.8) is 0 Å². The van der Waals surface area contributed by atoms with E-state index < -0.39 is 0 Å². The fourth-order valence-electron chi connectivity index (χ4n) is 5.65. The predicted octanol–water partition coefficient (Wildman–Crippen LogP) is 8.22. The molecule has 0 saturated carbocycles. The molecule has 0 saturated heterocycles. The van der Waals surface area contributed by atoms with Gasteiger partial charge in [0.05, 0.1) is 33.1 Å². The van der Waals surface area contributed by atoms with Crippen LogP contribution in [-0.4, -0.2) is 39.9 Å². The van der Waals surface area contributed by atoms with Crippen molar-refractivity contribution in [2.24, 2.45) is 0 Å². The molecule has 0 atom stereocenters. The van der Waals surface area contributed by atoms with E-state index >= 15 is 0 Å². The Morgan fingerprint density at radius 3 is 1.22 bits per heavy atom. The molecule has 46 heavy (non-hydrogen) atoms. The van der Waals surface area contributed by atoms with Crippen LogP contribution >= 0.6 is 0 Å². The molecule has 7 heterocycles. The largest absolute Gasteiger partial charge is 3.00 e. The van der Waals surface area contributed by atoms with Gasteiger partial charge in [0.1, 0.15) is 17.4 Å². The van der Waals surface area contributed by atoms with Crippen molar-refractivity contribution in [2.75, 3.05) is 0 Å². The van der Waals surface area contributed by atoms with Crippen molar-refractivity contribution >= 4 is 76.5 Å². The zero-order chi connectivity index (χ0) is 30.0. The predicted molar refractivity (Wildman–Crippen MR) is 181 cm³/mol. The number of rotatable bonds is 0. The molecule has 0 fully saturated rings. The SMILES string of the molecule is [Ru+3].c1cnc2c(c1)c1ncnc1c1ccc[nH]c12.c1cnc2c(c1)ccc1cccnc12.c1cnc2c(c1)ccc1cccnc12. The number of H-pyrrole nitrogens is 1. The molecule has 1 radical (unpaired) electrons. The smallest absolute Gasteiger partial charge is 0.359 e. The number of aromatic amines is 1. The van der Waals surface area contributed by atoms with Crippen LogP contribution in [0.4, 0.5) is 0 Å². The van der Waals surface area contributed by atoms with Crippen molar-refractivity contribution in [3.8, 4) is 0 Å². The van der Waals surface area contributed by atoms with Crippen LogP contribution in [0.2, 0.25) is 0 Å². The number of aromatic nitrogens is 8. The van der Waals surface area contributed by atoms with E-state index in [9.17, 15) is 0 Å². The Balaban J connectivity index is 0.000000110. The van der Waals surface area contributed by atoms with Crippen LogP contribution in [0.1, 0.15) is 0 Å². The van der Waals surface area contributed by atoms with Gasteiger partial charge in [-0.25, -0.2) is 9.97 Å². The normalized spacial score (nSPS) is 10.9. The molecule has 0 bridgehead atoms. The second-order valence-electron chi connectivity index (χ2n) is 10.4. The summed E-state index contributed by atoms with van der Waals surface area (Å²) in [6, 6.07) is 32.2. The molecule has 0 amide bonds. The number of benzene rings is 3. The van der Waals surface area contributed by atoms with Gasteiger partial charge in [-0.05, 0) is 48.5 Å². The minimum Gasteiger partial charge on any atom is -0.359 e. The van der Waals surface area contributed by atoms with E-state index in [-0.39, 0.29) is 19.5 Å². The molecular formula is C37H24N8Ru+3. The van der Waals surface area contributed by atoms with Crippen molar-refractivity contribution in [1.82, 2.24) is 39.9 Å². The van der Waals surface area contributed by atoms with Crippen LogP contribution in [0.3, 0.4) is 0 Å². The summed E-state index contributed by atoms with van der Waals surface area (Å²) in [5, 5.41) is 6.65. The van der Waals surface area contributed by atoms with Crippen molar-refractivity contribution in [3.05, 3.63) is 141 Å². The monoisotopic (exact) mass is 682 g/mol. The summed E-state index contributed by atoms with van der Waals surface area (Å²) in [5.41, 5.74) is 7.71. The summed E-state index contributed by atoms with van der Waals surface area (Å²) in [7, 11) is 0. The Morgan fingerprint density at radius 1 is 0.348 bits per heavy atom. The van der Waals surface area contributed by atoms with E-state index in [1.165, 1.54) is 0 Å². The average Bonchev–Trinajstić information content (AvgIpc) is 3.63. The molecule has 0 unspecified atom stereocenters. The maximum atomic E-state index is 4.44. The Hall–Kier alpha value is -5.79. The van der Waals surface area contributed by atoms with Gasteiger partial charge in [-0.15, -0.1) is 0 Å². The van der Waals surface area contributed by atoms with Gasteiger partial charge in [-0.2, -0.15) is 0 Å². The molecular weight excluding hydrogens is 658 g/mol. The van der Waals surface area contributed by atoms with Crippen LogP contribution in [0, 0.1) is 0 Å². The first-order chi connectivity index (χ1) is 22.3. The van der Waals surface area contributed by atoms with Crippen LogP contribution in [-0.2, 0) is 19.5 Å². The molecule has 0 spiro atoms. The van der Waals surface area contributed by atoms with Gasteiger partial charge in [0, 0.05) is 69.5 Å². The van der Waals surface area contributed by atoms with E-state index in [0.29, 0.717) is 0 Å². The van der Waals surface area contributed by atoms with Crippen LogP contribution in [0.15, 0.2) is 141 Å². The molecule has 1 N–H and O–H groups in total. The van der Waals surface area contributed by atoms with E-state index in [1.807, 2.05) is 54.7 Å². The van der Waals surface area contributed by atoms with Gasteiger partial charge in [-0.3, -0.25) is 24.9 Å². The van der Waals surface area contributed by atoms with Crippen molar-refractivity contribution < 1.29 is 19.5 Å². The van der Waals surface area contributed by atoms with E-state index in [0.717, 1.165) is 76.5 Å². The summed E-state index contributed by atoms with van der Waals surface area (Å²) in [4.78, 5) is 33.7. The molecule has 0 aliphatic carbocycles. The summed E-state index contributed by atoms with van der Waals surface area (Å²) >= 11 is 0. The first kappa shape index (κ1) is 29.0. The molecule has 3 aromatic carbocycles. The maximum Gasteiger partial charge on any atom is 3.00 e. The molecule has 9 heteroatoms.